The third-order valence-corrected chi connectivity index (χ3v) is 11.7. The molecular weight excluding hydrogens is 635 g/mol. The number of likely N-dealkylation sites (tertiary alicyclic amines) is 2. The predicted molar refractivity (Wildman–Crippen MR) is 190 cm³/mol. The minimum absolute atomic E-state index is 0.0700. The molecule has 0 bridgehead atoms. The average molecular weight is 678 g/mol. The Morgan fingerprint density at radius 3 is 2.53 bits per heavy atom. The first-order valence-corrected chi connectivity index (χ1v) is 18.3. The van der Waals surface area contributed by atoms with Crippen LogP contribution in [0.15, 0.2) is 78.2 Å². The number of pyridine rings is 1. The summed E-state index contributed by atoms with van der Waals surface area (Å²) in [7, 11) is 0. The quantitative estimate of drug-likeness (QED) is 0.232. The number of rotatable bonds is 9. The third kappa shape index (κ3) is 6.84. The second-order valence-electron chi connectivity index (χ2n) is 14.3. The molecule has 1 saturated carbocycles. The number of aromatic nitrogens is 5. The number of fused-ring (bicyclic) bond motifs is 1. The number of thiazole rings is 1. The summed E-state index contributed by atoms with van der Waals surface area (Å²) < 4.78 is 3.62. The van der Waals surface area contributed by atoms with Crippen molar-refractivity contribution in [3.05, 3.63) is 99.9 Å². The van der Waals surface area contributed by atoms with Crippen molar-refractivity contribution in [2.24, 2.45) is 11.8 Å². The maximum absolute atomic E-state index is 14.2. The molecule has 3 fully saturated rings. The van der Waals surface area contributed by atoms with Gasteiger partial charge in [-0.05, 0) is 75.3 Å². The van der Waals surface area contributed by atoms with Gasteiger partial charge < -0.3 is 14.6 Å². The Kier molecular flexibility index (Phi) is 8.67. The first-order valence-electron chi connectivity index (χ1n) is 17.5. The largest absolute Gasteiger partial charge is 0.388 e. The van der Waals surface area contributed by atoms with Crippen LogP contribution >= 0.6 is 11.3 Å². The second-order valence-corrected chi connectivity index (χ2v) is 15.5. The molecule has 10 nitrogen and oxygen atoms in total. The number of aliphatic hydroxyl groups is 1. The summed E-state index contributed by atoms with van der Waals surface area (Å²) in [6, 6.07) is 16.3. The Hall–Kier alpha value is -4.19. The van der Waals surface area contributed by atoms with Crippen molar-refractivity contribution in [1.82, 2.24) is 33.9 Å². The fourth-order valence-corrected chi connectivity index (χ4v) is 8.57. The van der Waals surface area contributed by atoms with Gasteiger partial charge in [-0.1, -0.05) is 30.3 Å². The summed E-state index contributed by atoms with van der Waals surface area (Å²) in [5.41, 5.74) is 2.73. The van der Waals surface area contributed by atoms with Crippen LogP contribution in [0.5, 0.6) is 0 Å². The number of carbonyl (C=O) groups is 1. The molecular formula is C38H43N7O3S. The lowest BCUT2D eigenvalue weighted by molar-refractivity contribution is -0.142. The molecule has 0 spiro atoms. The van der Waals surface area contributed by atoms with E-state index >= 15 is 0 Å². The summed E-state index contributed by atoms with van der Waals surface area (Å²) >= 11 is 1.70. The second kappa shape index (κ2) is 13.3. The average Bonchev–Trinajstić information content (AvgIpc) is 3.66. The first-order chi connectivity index (χ1) is 23.8. The highest BCUT2D eigenvalue weighted by Crippen LogP contribution is 2.37. The van der Waals surface area contributed by atoms with Crippen LogP contribution in [0, 0.1) is 18.8 Å². The van der Waals surface area contributed by atoms with Crippen LogP contribution in [0.2, 0.25) is 0 Å². The van der Waals surface area contributed by atoms with Crippen molar-refractivity contribution in [2.75, 3.05) is 26.2 Å². The number of hydrogen-bond acceptors (Lipinski definition) is 8. The van der Waals surface area contributed by atoms with Crippen molar-refractivity contribution in [3.63, 3.8) is 0 Å². The van der Waals surface area contributed by atoms with Crippen LogP contribution < -0.4 is 5.56 Å². The molecule has 254 valence electrons. The number of amides is 1. The van der Waals surface area contributed by atoms with Crippen molar-refractivity contribution < 1.29 is 9.90 Å². The van der Waals surface area contributed by atoms with Gasteiger partial charge in [0.15, 0.2) is 0 Å². The zero-order chi connectivity index (χ0) is 33.5. The molecule has 6 heterocycles. The Morgan fingerprint density at radius 1 is 0.959 bits per heavy atom. The van der Waals surface area contributed by atoms with Gasteiger partial charge in [-0.15, -0.1) is 11.3 Å². The van der Waals surface area contributed by atoms with E-state index in [0.717, 1.165) is 54.5 Å². The Bertz CT molecular complexity index is 1990. The van der Waals surface area contributed by atoms with Crippen LogP contribution in [-0.4, -0.2) is 76.7 Å². The lowest BCUT2D eigenvalue weighted by Gasteiger charge is -2.43. The molecule has 2 atom stereocenters. The molecule has 1 aliphatic carbocycles. The summed E-state index contributed by atoms with van der Waals surface area (Å²) in [6.07, 6.45) is 11.5. The fraction of sp³-hybridized carbons (Fsp3) is 0.447. The van der Waals surface area contributed by atoms with Gasteiger partial charge in [-0.3, -0.25) is 24.0 Å². The van der Waals surface area contributed by atoms with Crippen molar-refractivity contribution in [3.8, 4) is 10.6 Å². The van der Waals surface area contributed by atoms with Crippen molar-refractivity contribution in [1.29, 1.82) is 0 Å². The third-order valence-electron chi connectivity index (χ3n) is 10.7. The summed E-state index contributed by atoms with van der Waals surface area (Å²) in [4.78, 5) is 46.8. The highest BCUT2D eigenvalue weighted by molar-refractivity contribution is 7.15. The van der Waals surface area contributed by atoms with Crippen LogP contribution in [0.3, 0.4) is 0 Å². The number of benzene rings is 1. The Balaban J connectivity index is 0.921. The van der Waals surface area contributed by atoms with Crippen molar-refractivity contribution >= 4 is 28.3 Å². The van der Waals surface area contributed by atoms with E-state index in [4.69, 9.17) is 0 Å². The standard InChI is InChI=1S/C38H43N7O3S/c1-26-7-10-29(19-39-26)35-40-20-30(49-35)22-42-15-11-31(33(23-42)28-5-3-2-4-6-28)36(46)43-17-13-38(48,14-18-43)24-45-25-41-34-32(37(45)47)12-16-44(34)21-27-8-9-27/h2-7,10,12,16,19-20,25,27,31,33,48H,8-9,11,13-15,17-18,21-24H2,1H3/t31-,33+/m1/s1. The highest BCUT2D eigenvalue weighted by atomic mass is 32.1. The molecule has 3 aliphatic rings. The normalized spacial score (nSPS) is 21.3. The van der Waals surface area contributed by atoms with Gasteiger partial charge in [0.05, 0.1) is 17.5 Å². The van der Waals surface area contributed by atoms with Gasteiger partial charge in [0.25, 0.3) is 5.56 Å². The molecule has 49 heavy (non-hydrogen) atoms. The number of aryl methyl sites for hydroxylation is 1. The van der Waals surface area contributed by atoms with Gasteiger partial charge in [0.1, 0.15) is 17.0 Å². The van der Waals surface area contributed by atoms with E-state index in [9.17, 15) is 14.7 Å². The van der Waals surface area contributed by atoms with Gasteiger partial charge >= 0.3 is 0 Å². The number of nitrogens with zero attached hydrogens (tertiary/aromatic N) is 7. The Morgan fingerprint density at radius 2 is 1.78 bits per heavy atom. The topological polar surface area (TPSA) is 109 Å². The number of hydrogen-bond donors (Lipinski definition) is 1. The molecule has 0 radical (unpaired) electrons. The molecule has 1 N–H and O–H groups in total. The van der Waals surface area contributed by atoms with Crippen LogP contribution in [-0.2, 0) is 24.4 Å². The molecule has 8 rings (SSSR count). The molecule has 5 aromatic rings. The van der Waals surface area contributed by atoms with E-state index in [-0.39, 0.29) is 29.8 Å². The van der Waals surface area contributed by atoms with Gasteiger partial charge in [-0.2, -0.15) is 0 Å². The summed E-state index contributed by atoms with van der Waals surface area (Å²) in [6.45, 7) is 6.41. The lowest BCUT2D eigenvalue weighted by Crippen LogP contribution is -2.53. The van der Waals surface area contributed by atoms with Gasteiger partial charge in [0.2, 0.25) is 5.91 Å². The zero-order valence-electron chi connectivity index (χ0n) is 27.9. The van der Waals surface area contributed by atoms with Crippen LogP contribution in [0.4, 0.5) is 0 Å². The summed E-state index contributed by atoms with van der Waals surface area (Å²) in [5, 5.41) is 13.2. The zero-order valence-corrected chi connectivity index (χ0v) is 28.8. The van der Waals surface area contributed by atoms with E-state index in [2.05, 4.69) is 54.8 Å². The lowest BCUT2D eigenvalue weighted by atomic mass is 9.79. The molecule has 11 heteroatoms. The minimum Gasteiger partial charge on any atom is -0.388 e. The van der Waals surface area contributed by atoms with E-state index in [0.29, 0.717) is 37.2 Å². The highest BCUT2D eigenvalue weighted by Gasteiger charge is 2.41. The van der Waals surface area contributed by atoms with Crippen molar-refractivity contribution in [2.45, 2.75) is 70.2 Å². The molecule has 2 aliphatic heterocycles. The predicted octanol–water partition coefficient (Wildman–Crippen LogP) is 5.09. The molecule has 4 aromatic heterocycles. The Labute approximate surface area is 290 Å². The maximum atomic E-state index is 14.2. The molecule has 1 aromatic carbocycles. The fourth-order valence-electron chi connectivity index (χ4n) is 7.62. The van der Waals surface area contributed by atoms with Gasteiger partial charge in [-0.25, -0.2) is 9.97 Å². The monoisotopic (exact) mass is 677 g/mol. The molecule has 0 unspecified atom stereocenters. The van der Waals surface area contributed by atoms with Crippen LogP contribution in [0.1, 0.15) is 54.2 Å². The molecule has 2 saturated heterocycles. The van der Waals surface area contributed by atoms with E-state index in [1.54, 1.807) is 22.2 Å². The van der Waals surface area contributed by atoms with E-state index < -0.39 is 5.60 Å². The number of piperidine rings is 2. The SMILES string of the molecule is Cc1ccc(-c2ncc(CN3CC[C@@H](C(=O)N4CCC(O)(Cn5cnc6c(ccn6CC6CC6)c5=O)CC4)[C@H](c4ccccc4)C3)s2)cn1. The molecule has 1 amide bonds. The maximum Gasteiger partial charge on any atom is 0.262 e. The van der Waals surface area contributed by atoms with E-state index in [1.165, 1.54) is 23.3 Å². The van der Waals surface area contributed by atoms with Crippen LogP contribution in [0.25, 0.3) is 21.6 Å². The number of carbonyl (C=O) groups excluding carboxylic acids is 1. The smallest absolute Gasteiger partial charge is 0.262 e. The van der Waals surface area contributed by atoms with Gasteiger partial charge in [0, 0.05) is 79.3 Å². The first kappa shape index (κ1) is 32.0. The minimum atomic E-state index is -1.07. The summed E-state index contributed by atoms with van der Waals surface area (Å²) in [5.74, 6) is 0.791. The van der Waals surface area contributed by atoms with E-state index in [1.807, 2.05) is 48.6 Å².